The second-order valence-electron chi connectivity index (χ2n) is 7.00. The number of benzene rings is 2. The van der Waals surface area contributed by atoms with Gasteiger partial charge in [0.25, 0.3) is 0 Å². The van der Waals surface area contributed by atoms with Crippen LogP contribution in [0, 0.1) is 0 Å². The van der Waals surface area contributed by atoms with Gasteiger partial charge in [0.15, 0.2) is 5.65 Å². The van der Waals surface area contributed by atoms with Crippen molar-refractivity contribution < 1.29 is 9.53 Å². The fraction of sp³-hybridized carbons (Fsp3) is 0.0870. The van der Waals surface area contributed by atoms with E-state index in [-0.39, 0.29) is 0 Å². The summed E-state index contributed by atoms with van der Waals surface area (Å²) in [5, 5.41) is 9.88. The second-order valence-corrected chi connectivity index (χ2v) is 7.41. The molecular weight excluding hydrogens is 414 g/mol. The third-order valence-electron chi connectivity index (χ3n) is 5.03. The highest BCUT2D eigenvalue weighted by atomic mass is 35.5. The lowest BCUT2D eigenvalue weighted by atomic mass is 10.1. The standard InChI is InChI=1S/C23H16ClN5O2/c1-31-23(30)17-6-5-16(12-18(17)24)20-8-9-21-22(26-20)29(28-27-21)13-14-4-7-19-15(11-14)3-2-10-25-19/h2-12H,13H2,1H3. The van der Waals surface area contributed by atoms with E-state index in [9.17, 15) is 4.79 Å². The normalized spacial score (nSPS) is 11.2. The van der Waals surface area contributed by atoms with Gasteiger partial charge in [-0.25, -0.2) is 14.5 Å². The Kier molecular flexibility index (Phi) is 4.80. The first kappa shape index (κ1) is 19.1. The predicted octanol–water partition coefficient (Wildman–Crippen LogP) is 4.53. The number of aromatic nitrogens is 5. The third-order valence-corrected chi connectivity index (χ3v) is 5.34. The van der Waals surface area contributed by atoms with E-state index in [0.717, 1.165) is 22.0 Å². The SMILES string of the molecule is COC(=O)c1ccc(-c2ccc3nnn(Cc4ccc5ncccc5c4)c3n2)cc1Cl. The lowest BCUT2D eigenvalue weighted by Gasteiger charge is -2.07. The number of pyridine rings is 2. The van der Waals surface area contributed by atoms with E-state index in [2.05, 4.69) is 21.4 Å². The van der Waals surface area contributed by atoms with Crippen molar-refractivity contribution >= 4 is 39.6 Å². The van der Waals surface area contributed by atoms with Crippen LogP contribution in [0.4, 0.5) is 0 Å². The summed E-state index contributed by atoms with van der Waals surface area (Å²) in [6.45, 7) is 0.528. The van der Waals surface area contributed by atoms with Crippen molar-refractivity contribution in [2.75, 3.05) is 7.11 Å². The highest BCUT2D eigenvalue weighted by Gasteiger charge is 2.14. The number of hydrogen-bond donors (Lipinski definition) is 0. The Bertz CT molecular complexity index is 1450. The zero-order valence-electron chi connectivity index (χ0n) is 16.5. The third kappa shape index (κ3) is 3.60. The summed E-state index contributed by atoms with van der Waals surface area (Å²) in [7, 11) is 1.32. The van der Waals surface area contributed by atoms with Crippen LogP contribution in [0.1, 0.15) is 15.9 Å². The Morgan fingerprint density at radius 2 is 1.94 bits per heavy atom. The first-order valence-corrected chi connectivity index (χ1v) is 9.92. The maximum atomic E-state index is 11.8. The maximum Gasteiger partial charge on any atom is 0.339 e. The summed E-state index contributed by atoms with van der Waals surface area (Å²) in [4.78, 5) is 20.9. The number of methoxy groups -OCH3 is 1. The van der Waals surface area contributed by atoms with E-state index in [0.29, 0.717) is 34.0 Å². The van der Waals surface area contributed by atoms with Gasteiger partial charge in [-0.1, -0.05) is 35.0 Å². The van der Waals surface area contributed by atoms with Gasteiger partial charge in [0.05, 0.1) is 35.5 Å². The molecule has 5 aromatic rings. The molecule has 3 aromatic heterocycles. The van der Waals surface area contributed by atoms with Crippen LogP contribution in [0.2, 0.25) is 5.02 Å². The zero-order valence-corrected chi connectivity index (χ0v) is 17.2. The average molecular weight is 430 g/mol. The molecule has 2 aromatic carbocycles. The highest BCUT2D eigenvalue weighted by Crippen LogP contribution is 2.26. The van der Waals surface area contributed by atoms with Crippen molar-refractivity contribution in [1.82, 2.24) is 25.0 Å². The van der Waals surface area contributed by atoms with Crippen LogP contribution in [-0.2, 0) is 11.3 Å². The summed E-state index contributed by atoms with van der Waals surface area (Å²) < 4.78 is 6.51. The molecule has 0 saturated heterocycles. The van der Waals surface area contributed by atoms with E-state index < -0.39 is 5.97 Å². The van der Waals surface area contributed by atoms with Gasteiger partial charge in [-0.2, -0.15) is 0 Å². The molecule has 0 bridgehead atoms. The first-order chi connectivity index (χ1) is 15.1. The Hall–Kier alpha value is -3.84. The number of halogens is 1. The molecule has 7 nitrogen and oxygen atoms in total. The molecule has 31 heavy (non-hydrogen) atoms. The summed E-state index contributed by atoms with van der Waals surface area (Å²) in [5.41, 5.74) is 5.18. The molecule has 0 saturated carbocycles. The second kappa shape index (κ2) is 7.77. The lowest BCUT2D eigenvalue weighted by Crippen LogP contribution is -2.04. The number of rotatable bonds is 4. The molecule has 0 N–H and O–H groups in total. The van der Waals surface area contributed by atoms with Gasteiger partial charge in [-0.3, -0.25) is 4.98 Å². The monoisotopic (exact) mass is 429 g/mol. The molecule has 0 spiro atoms. The molecule has 152 valence electrons. The van der Waals surface area contributed by atoms with Gasteiger partial charge >= 0.3 is 5.97 Å². The molecule has 0 radical (unpaired) electrons. The molecule has 0 amide bonds. The fourth-order valence-corrected chi connectivity index (χ4v) is 3.72. The summed E-state index contributed by atoms with van der Waals surface area (Å²) in [5.74, 6) is -0.479. The Balaban J connectivity index is 1.51. The smallest absolute Gasteiger partial charge is 0.339 e. The van der Waals surface area contributed by atoms with Crippen LogP contribution in [-0.4, -0.2) is 38.0 Å². The predicted molar refractivity (Wildman–Crippen MR) is 118 cm³/mol. The quantitative estimate of drug-likeness (QED) is 0.390. The Morgan fingerprint density at radius 1 is 1.06 bits per heavy atom. The van der Waals surface area contributed by atoms with Crippen molar-refractivity contribution in [2.24, 2.45) is 0 Å². The number of hydrogen-bond acceptors (Lipinski definition) is 6. The number of nitrogens with zero attached hydrogens (tertiary/aromatic N) is 5. The van der Waals surface area contributed by atoms with Crippen molar-refractivity contribution in [2.45, 2.75) is 6.54 Å². The molecule has 3 heterocycles. The molecular formula is C23H16ClN5O2. The zero-order chi connectivity index (χ0) is 21.4. The minimum atomic E-state index is -0.479. The molecule has 0 aliphatic rings. The number of esters is 1. The van der Waals surface area contributed by atoms with Crippen molar-refractivity contribution in [3.63, 3.8) is 0 Å². The van der Waals surface area contributed by atoms with Crippen molar-refractivity contribution in [3.05, 3.63) is 83.0 Å². The average Bonchev–Trinajstić information content (AvgIpc) is 3.20. The number of ether oxygens (including phenoxy) is 1. The van der Waals surface area contributed by atoms with Gasteiger partial charge in [0.1, 0.15) is 5.52 Å². The van der Waals surface area contributed by atoms with Gasteiger partial charge < -0.3 is 4.74 Å². The van der Waals surface area contributed by atoms with E-state index in [1.54, 1.807) is 29.1 Å². The van der Waals surface area contributed by atoms with Crippen molar-refractivity contribution in [1.29, 1.82) is 0 Å². The topological polar surface area (TPSA) is 82.8 Å². The number of fused-ring (bicyclic) bond motifs is 2. The molecule has 0 aliphatic heterocycles. The summed E-state index contributed by atoms with van der Waals surface area (Å²) in [6.07, 6.45) is 1.78. The van der Waals surface area contributed by atoms with Crippen LogP contribution in [0.3, 0.4) is 0 Å². The molecule has 8 heteroatoms. The minimum Gasteiger partial charge on any atom is -0.465 e. The van der Waals surface area contributed by atoms with Crippen LogP contribution >= 0.6 is 11.6 Å². The van der Waals surface area contributed by atoms with Crippen molar-refractivity contribution in [3.8, 4) is 11.3 Å². The van der Waals surface area contributed by atoms with Crippen LogP contribution in [0.15, 0.2) is 66.9 Å². The molecule has 0 atom stereocenters. The van der Waals surface area contributed by atoms with E-state index >= 15 is 0 Å². The number of carbonyl (C=O) groups excluding carboxylic acids is 1. The van der Waals surface area contributed by atoms with E-state index in [4.69, 9.17) is 21.3 Å². The summed E-state index contributed by atoms with van der Waals surface area (Å²) in [6, 6.07) is 18.9. The van der Waals surface area contributed by atoms with Gasteiger partial charge in [-0.05, 0) is 48.0 Å². The highest BCUT2D eigenvalue weighted by molar-refractivity contribution is 6.33. The lowest BCUT2D eigenvalue weighted by molar-refractivity contribution is 0.0601. The molecule has 0 unspecified atom stereocenters. The number of carbonyl (C=O) groups is 1. The largest absolute Gasteiger partial charge is 0.465 e. The molecule has 0 aliphatic carbocycles. The van der Waals surface area contributed by atoms with Gasteiger partial charge in [-0.15, -0.1) is 5.10 Å². The fourth-order valence-electron chi connectivity index (χ4n) is 3.47. The van der Waals surface area contributed by atoms with E-state index in [1.807, 2.05) is 36.4 Å². The van der Waals surface area contributed by atoms with Gasteiger partial charge in [0, 0.05) is 17.1 Å². The Labute approximate surface area is 182 Å². The maximum absolute atomic E-state index is 11.8. The summed E-state index contributed by atoms with van der Waals surface area (Å²) >= 11 is 6.27. The Morgan fingerprint density at radius 3 is 2.77 bits per heavy atom. The van der Waals surface area contributed by atoms with Crippen LogP contribution < -0.4 is 0 Å². The van der Waals surface area contributed by atoms with Gasteiger partial charge in [0.2, 0.25) is 0 Å². The van der Waals surface area contributed by atoms with Crippen LogP contribution in [0.5, 0.6) is 0 Å². The van der Waals surface area contributed by atoms with E-state index in [1.165, 1.54) is 7.11 Å². The minimum absolute atomic E-state index is 0.308. The molecule has 0 fully saturated rings. The first-order valence-electron chi connectivity index (χ1n) is 9.54. The van der Waals surface area contributed by atoms with Crippen LogP contribution in [0.25, 0.3) is 33.3 Å². The molecule has 5 rings (SSSR count).